The first-order valence-electron chi connectivity index (χ1n) is 8.67. The Kier molecular flexibility index (Phi) is 3.49. The van der Waals surface area contributed by atoms with Gasteiger partial charge in [-0.2, -0.15) is 10.1 Å². The van der Waals surface area contributed by atoms with Crippen LogP contribution in [0.15, 0.2) is 41.1 Å². The summed E-state index contributed by atoms with van der Waals surface area (Å²) in [5.41, 5.74) is 4.59. The lowest BCUT2D eigenvalue weighted by Crippen LogP contribution is -2.03. The van der Waals surface area contributed by atoms with Gasteiger partial charge in [-0.1, -0.05) is 5.16 Å². The Bertz CT molecular complexity index is 1150. The summed E-state index contributed by atoms with van der Waals surface area (Å²) in [5.74, 6) is 0.0731. The standard InChI is InChI=1S/C19H15N5O3/c25-16(26)9-10-3-5-12-13-8-11(4-6-14(13)21-17(10)12)18-22-19(27-24-18)15-2-1-7-20-23-15/h1-2,4,6-8,10,21H,3,5,9H2,(H,25,26). The van der Waals surface area contributed by atoms with Crippen molar-refractivity contribution in [2.75, 3.05) is 0 Å². The molecule has 4 aromatic rings. The molecule has 0 amide bonds. The Hall–Kier alpha value is -3.55. The minimum absolute atomic E-state index is 0.0433. The maximum atomic E-state index is 11.1. The Morgan fingerprint density at radius 3 is 3.07 bits per heavy atom. The molecule has 2 N–H and O–H groups in total. The molecule has 27 heavy (non-hydrogen) atoms. The van der Waals surface area contributed by atoms with Gasteiger partial charge in [-0.15, -0.1) is 5.10 Å². The van der Waals surface area contributed by atoms with Gasteiger partial charge in [0.25, 0.3) is 5.89 Å². The number of aryl methyl sites for hydroxylation is 1. The summed E-state index contributed by atoms with van der Waals surface area (Å²) >= 11 is 0. The van der Waals surface area contributed by atoms with Crippen LogP contribution in [-0.4, -0.2) is 36.4 Å². The van der Waals surface area contributed by atoms with Crippen LogP contribution in [-0.2, 0) is 11.2 Å². The van der Waals surface area contributed by atoms with E-state index in [-0.39, 0.29) is 12.3 Å². The molecule has 0 aliphatic heterocycles. The average Bonchev–Trinajstić information content (AvgIpc) is 3.38. The van der Waals surface area contributed by atoms with Gasteiger partial charge < -0.3 is 14.6 Å². The molecular formula is C19H15N5O3. The van der Waals surface area contributed by atoms with E-state index in [1.54, 1.807) is 18.3 Å². The zero-order valence-electron chi connectivity index (χ0n) is 14.2. The summed E-state index contributed by atoms with van der Waals surface area (Å²) < 4.78 is 5.32. The van der Waals surface area contributed by atoms with E-state index in [0.29, 0.717) is 17.4 Å². The zero-order chi connectivity index (χ0) is 18.4. The summed E-state index contributed by atoms with van der Waals surface area (Å²) in [4.78, 5) is 18.9. The second-order valence-corrected chi connectivity index (χ2v) is 6.64. The Morgan fingerprint density at radius 2 is 2.26 bits per heavy atom. The van der Waals surface area contributed by atoms with Crippen LogP contribution in [0.25, 0.3) is 33.9 Å². The summed E-state index contributed by atoms with van der Waals surface area (Å²) in [5, 5.41) is 22.1. The van der Waals surface area contributed by atoms with E-state index in [4.69, 9.17) is 9.63 Å². The van der Waals surface area contributed by atoms with Crippen molar-refractivity contribution in [1.29, 1.82) is 0 Å². The van der Waals surface area contributed by atoms with Crippen LogP contribution in [0.1, 0.15) is 30.0 Å². The molecule has 8 nitrogen and oxygen atoms in total. The largest absolute Gasteiger partial charge is 0.481 e. The number of nitrogens with zero attached hydrogens (tertiary/aromatic N) is 4. The highest BCUT2D eigenvalue weighted by atomic mass is 16.5. The second-order valence-electron chi connectivity index (χ2n) is 6.64. The van der Waals surface area contributed by atoms with Gasteiger partial charge >= 0.3 is 5.97 Å². The van der Waals surface area contributed by atoms with Gasteiger partial charge in [0, 0.05) is 34.3 Å². The number of rotatable bonds is 4. The minimum atomic E-state index is -0.768. The molecule has 134 valence electrons. The zero-order valence-corrected chi connectivity index (χ0v) is 14.2. The van der Waals surface area contributed by atoms with Gasteiger partial charge in [0.15, 0.2) is 5.69 Å². The molecule has 0 saturated heterocycles. The topological polar surface area (TPSA) is 118 Å². The predicted octanol–water partition coefficient (Wildman–Crippen LogP) is 3.18. The molecule has 1 aromatic carbocycles. The first-order chi connectivity index (χ1) is 13.2. The van der Waals surface area contributed by atoms with Crippen LogP contribution in [0.4, 0.5) is 0 Å². The van der Waals surface area contributed by atoms with Gasteiger partial charge in [0.1, 0.15) is 0 Å². The molecule has 1 atom stereocenters. The van der Waals surface area contributed by atoms with Gasteiger partial charge in [0.05, 0.1) is 6.42 Å². The van der Waals surface area contributed by atoms with Crippen molar-refractivity contribution in [3.05, 3.63) is 47.8 Å². The van der Waals surface area contributed by atoms with E-state index in [0.717, 1.165) is 35.0 Å². The smallest absolute Gasteiger partial charge is 0.304 e. The number of aromatic amines is 1. The number of aliphatic carboxylic acids is 1. The molecule has 1 aliphatic rings. The molecule has 0 spiro atoms. The van der Waals surface area contributed by atoms with Crippen molar-refractivity contribution >= 4 is 16.9 Å². The van der Waals surface area contributed by atoms with E-state index in [9.17, 15) is 4.79 Å². The number of H-pyrrole nitrogens is 1. The fourth-order valence-corrected chi connectivity index (χ4v) is 3.76. The van der Waals surface area contributed by atoms with Crippen LogP contribution in [0.3, 0.4) is 0 Å². The van der Waals surface area contributed by atoms with Crippen LogP contribution < -0.4 is 0 Å². The molecule has 1 aliphatic carbocycles. The summed E-state index contributed by atoms with van der Waals surface area (Å²) in [6.07, 6.45) is 3.46. The molecule has 0 saturated carbocycles. The van der Waals surface area contributed by atoms with Gasteiger partial charge in [-0.25, -0.2) is 0 Å². The molecule has 0 fully saturated rings. The molecule has 8 heteroatoms. The van der Waals surface area contributed by atoms with E-state index in [1.807, 2.05) is 18.2 Å². The SMILES string of the molecule is O=C(O)CC1CCc2c1[nH]c1ccc(-c3noc(-c4cccnn4)n3)cc21. The normalized spacial score (nSPS) is 15.9. The van der Waals surface area contributed by atoms with Crippen molar-refractivity contribution < 1.29 is 14.4 Å². The molecule has 1 unspecified atom stereocenters. The quantitative estimate of drug-likeness (QED) is 0.573. The van der Waals surface area contributed by atoms with E-state index >= 15 is 0 Å². The second kappa shape index (κ2) is 6.01. The number of aromatic nitrogens is 5. The van der Waals surface area contributed by atoms with Crippen molar-refractivity contribution in [1.82, 2.24) is 25.3 Å². The maximum Gasteiger partial charge on any atom is 0.304 e. The summed E-state index contributed by atoms with van der Waals surface area (Å²) in [6.45, 7) is 0. The highest BCUT2D eigenvalue weighted by Crippen LogP contribution is 2.40. The first-order valence-corrected chi connectivity index (χ1v) is 8.67. The number of nitrogens with one attached hydrogen (secondary N) is 1. The summed E-state index contributed by atoms with van der Waals surface area (Å²) in [6, 6.07) is 9.44. The number of carboxylic acids is 1. The average molecular weight is 361 g/mol. The number of hydrogen-bond donors (Lipinski definition) is 2. The molecule has 3 heterocycles. The molecule has 0 bridgehead atoms. The van der Waals surface area contributed by atoms with Gasteiger partial charge in [-0.3, -0.25) is 4.79 Å². The van der Waals surface area contributed by atoms with Crippen LogP contribution in [0, 0.1) is 0 Å². The third-order valence-corrected chi connectivity index (χ3v) is 4.99. The van der Waals surface area contributed by atoms with E-state index in [2.05, 4.69) is 25.3 Å². The lowest BCUT2D eigenvalue weighted by atomic mass is 10.0. The number of hydrogen-bond acceptors (Lipinski definition) is 6. The van der Waals surface area contributed by atoms with Crippen molar-refractivity contribution in [2.24, 2.45) is 0 Å². The number of benzene rings is 1. The third kappa shape index (κ3) is 2.66. The maximum absolute atomic E-state index is 11.1. The number of carbonyl (C=O) groups is 1. The lowest BCUT2D eigenvalue weighted by Gasteiger charge is -2.05. The summed E-state index contributed by atoms with van der Waals surface area (Å²) in [7, 11) is 0. The van der Waals surface area contributed by atoms with Crippen molar-refractivity contribution in [2.45, 2.75) is 25.2 Å². The van der Waals surface area contributed by atoms with Gasteiger partial charge in [0.2, 0.25) is 5.82 Å². The highest BCUT2D eigenvalue weighted by molar-refractivity contribution is 5.89. The van der Waals surface area contributed by atoms with Crippen molar-refractivity contribution in [3.8, 4) is 23.0 Å². The Balaban J connectivity index is 1.53. The van der Waals surface area contributed by atoms with Gasteiger partial charge in [-0.05, 0) is 48.7 Å². The molecular weight excluding hydrogens is 346 g/mol. The predicted molar refractivity (Wildman–Crippen MR) is 95.9 cm³/mol. The third-order valence-electron chi connectivity index (χ3n) is 4.99. The van der Waals surface area contributed by atoms with Crippen LogP contribution in [0.5, 0.6) is 0 Å². The fourth-order valence-electron chi connectivity index (χ4n) is 3.76. The molecule has 5 rings (SSSR count). The van der Waals surface area contributed by atoms with Crippen LogP contribution in [0.2, 0.25) is 0 Å². The Labute approximate surface area is 153 Å². The van der Waals surface area contributed by atoms with E-state index < -0.39 is 5.97 Å². The first kappa shape index (κ1) is 15.7. The lowest BCUT2D eigenvalue weighted by molar-refractivity contribution is -0.137. The minimum Gasteiger partial charge on any atom is -0.481 e. The van der Waals surface area contributed by atoms with Crippen molar-refractivity contribution in [3.63, 3.8) is 0 Å². The van der Waals surface area contributed by atoms with E-state index in [1.165, 1.54) is 5.56 Å². The fraction of sp³-hybridized carbons (Fsp3) is 0.211. The Morgan fingerprint density at radius 1 is 1.33 bits per heavy atom. The number of fused-ring (bicyclic) bond motifs is 3. The monoisotopic (exact) mass is 361 g/mol. The number of carboxylic acid groups (broad SMARTS) is 1. The molecule has 0 radical (unpaired) electrons. The molecule has 3 aromatic heterocycles. The highest BCUT2D eigenvalue weighted by Gasteiger charge is 2.28. The van der Waals surface area contributed by atoms with Crippen LogP contribution >= 0.6 is 0 Å².